The maximum absolute atomic E-state index is 13.2. The molecule has 35 heavy (non-hydrogen) atoms. The van der Waals surface area contributed by atoms with Crippen molar-refractivity contribution in [2.24, 2.45) is 0 Å². The van der Waals surface area contributed by atoms with Crippen LogP contribution >= 0.6 is 0 Å². The van der Waals surface area contributed by atoms with E-state index in [0.29, 0.717) is 35.2 Å². The Bertz CT molecular complexity index is 1110. The number of hydrogen-bond donors (Lipinski definition) is 0. The van der Waals surface area contributed by atoms with E-state index in [9.17, 15) is 4.79 Å². The second-order valence-corrected chi connectivity index (χ2v) is 9.46. The number of fused-ring (bicyclic) bond motifs is 1. The zero-order valence-electron chi connectivity index (χ0n) is 21.1. The summed E-state index contributed by atoms with van der Waals surface area (Å²) in [4.78, 5) is 15.6. The van der Waals surface area contributed by atoms with Crippen LogP contribution in [0.5, 0.6) is 23.0 Å². The van der Waals surface area contributed by atoms with E-state index in [-0.39, 0.29) is 5.78 Å². The average molecular weight is 478 g/mol. The van der Waals surface area contributed by atoms with E-state index < -0.39 is 5.60 Å². The number of methoxy groups -OCH3 is 2. The molecule has 0 spiro atoms. The van der Waals surface area contributed by atoms with Gasteiger partial charge < -0.3 is 18.9 Å². The van der Waals surface area contributed by atoms with Crippen molar-refractivity contribution < 1.29 is 23.7 Å². The third-order valence-electron chi connectivity index (χ3n) is 6.39. The van der Waals surface area contributed by atoms with E-state index in [1.54, 1.807) is 38.5 Å². The summed E-state index contributed by atoms with van der Waals surface area (Å²) in [6.45, 7) is 7.69. The first-order chi connectivity index (χ1) is 16.9. The quantitative estimate of drug-likeness (QED) is 0.344. The Morgan fingerprint density at radius 3 is 2.51 bits per heavy atom. The maximum atomic E-state index is 13.2. The SMILES string of the molecule is COc1ccc(/C=C/C(=O)c2ccc(OC)c3c2OC(C)(C)C=C3)cc1OCCN1CCCCC1. The van der Waals surface area contributed by atoms with Crippen molar-refractivity contribution in [1.29, 1.82) is 0 Å². The van der Waals surface area contributed by atoms with Gasteiger partial charge in [-0.3, -0.25) is 9.69 Å². The Hall–Kier alpha value is -3.25. The molecule has 0 radical (unpaired) electrons. The number of rotatable bonds is 9. The van der Waals surface area contributed by atoms with E-state index >= 15 is 0 Å². The van der Waals surface area contributed by atoms with Crippen molar-refractivity contribution in [2.45, 2.75) is 38.7 Å². The van der Waals surface area contributed by atoms with Crippen molar-refractivity contribution in [3.8, 4) is 23.0 Å². The Morgan fingerprint density at radius 2 is 1.77 bits per heavy atom. The number of carbonyl (C=O) groups is 1. The highest BCUT2D eigenvalue weighted by Gasteiger charge is 2.27. The maximum Gasteiger partial charge on any atom is 0.189 e. The molecular weight excluding hydrogens is 442 g/mol. The third-order valence-corrected chi connectivity index (χ3v) is 6.39. The topological polar surface area (TPSA) is 57.2 Å². The lowest BCUT2D eigenvalue weighted by Crippen LogP contribution is -2.33. The molecule has 0 bridgehead atoms. The first-order valence-corrected chi connectivity index (χ1v) is 12.2. The lowest BCUT2D eigenvalue weighted by molar-refractivity contribution is 0.103. The molecule has 0 unspecified atom stereocenters. The lowest BCUT2D eigenvalue weighted by Gasteiger charge is -2.29. The van der Waals surface area contributed by atoms with Gasteiger partial charge in [-0.05, 0) is 87.8 Å². The molecule has 6 nitrogen and oxygen atoms in total. The third kappa shape index (κ3) is 6.06. The van der Waals surface area contributed by atoms with Gasteiger partial charge in [0.05, 0.1) is 25.3 Å². The average Bonchev–Trinajstić information content (AvgIpc) is 2.86. The van der Waals surface area contributed by atoms with E-state index in [0.717, 1.165) is 30.8 Å². The molecule has 0 aliphatic carbocycles. The van der Waals surface area contributed by atoms with Gasteiger partial charge in [0.15, 0.2) is 17.3 Å². The van der Waals surface area contributed by atoms with Crippen molar-refractivity contribution in [3.05, 3.63) is 59.2 Å². The highest BCUT2D eigenvalue weighted by molar-refractivity contribution is 6.09. The second-order valence-electron chi connectivity index (χ2n) is 9.46. The van der Waals surface area contributed by atoms with Crippen LogP contribution in [0.15, 0.2) is 42.5 Å². The second kappa shape index (κ2) is 11.0. The summed E-state index contributed by atoms with van der Waals surface area (Å²) in [5, 5.41) is 0. The number of carbonyl (C=O) groups excluding carboxylic acids is 1. The fraction of sp³-hybridized carbons (Fsp3) is 0.414. The van der Waals surface area contributed by atoms with Crippen molar-refractivity contribution in [2.75, 3.05) is 40.5 Å². The minimum atomic E-state index is -0.505. The van der Waals surface area contributed by atoms with Crippen LogP contribution in [-0.2, 0) is 0 Å². The molecule has 2 aliphatic rings. The highest BCUT2D eigenvalue weighted by Crippen LogP contribution is 2.40. The molecule has 0 aromatic heterocycles. The van der Waals surface area contributed by atoms with E-state index in [2.05, 4.69) is 4.90 Å². The molecule has 4 rings (SSSR count). The number of hydrogen-bond acceptors (Lipinski definition) is 6. The van der Waals surface area contributed by atoms with Crippen LogP contribution in [0, 0.1) is 0 Å². The van der Waals surface area contributed by atoms with Crippen molar-refractivity contribution in [1.82, 2.24) is 4.90 Å². The highest BCUT2D eigenvalue weighted by atomic mass is 16.5. The largest absolute Gasteiger partial charge is 0.496 e. The van der Waals surface area contributed by atoms with Crippen molar-refractivity contribution >= 4 is 17.9 Å². The number of benzene rings is 2. The summed E-state index contributed by atoms with van der Waals surface area (Å²) < 4.78 is 23.1. The number of allylic oxidation sites excluding steroid dienone is 1. The van der Waals surface area contributed by atoms with Crippen LogP contribution in [0.25, 0.3) is 12.2 Å². The Labute approximate surface area is 208 Å². The van der Waals surface area contributed by atoms with Crippen LogP contribution in [0.2, 0.25) is 0 Å². The molecule has 1 fully saturated rings. The van der Waals surface area contributed by atoms with Gasteiger partial charge in [-0.25, -0.2) is 0 Å². The molecule has 186 valence electrons. The zero-order valence-corrected chi connectivity index (χ0v) is 21.1. The van der Waals surface area contributed by atoms with Gasteiger partial charge in [0.1, 0.15) is 23.7 Å². The van der Waals surface area contributed by atoms with Crippen molar-refractivity contribution in [3.63, 3.8) is 0 Å². The van der Waals surface area contributed by atoms with E-state index in [1.807, 2.05) is 44.2 Å². The van der Waals surface area contributed by atoms with Crippen LogP contribution in [-0.4, -0.2) is 56.7 Å². The van der Waals surface area contributed by atoms with Gasteiger partial charge in [0.2, 0.25) is 0 Å². The summed E-state index contributed by atoms with van der Waals surface area (Å²) in [6, 6.07) is 9.24. The molecule has 0 amide bonds. The Morgan fingerprint density at radius 1 is 1.03 bits per heavy atom. The normalized spacial score (nSPS) is 17.0. The molecule has 2 aromatic carbocycles. The summed E-state index contributed by atoms with van der Waals surface area (Å²) in [5.74, 6) is 2.44. The number of piperidine rings is 1. The van der Waals surface area contributed by atoms with Gasteiger partial charge in [0, 0.05) is 6.54 Å². The molecule has 2 heterocycles. The first-order valence-electron chi connectivity index (χ1n) is 12.2. The minimum absolute atomic E-state index is 0.140. The Kier molecular flexibility index (Phi) is 7.81. The molecule has 1 saturated heterocycles. The van der Waals surface area contributed by atoms with Crippen LogP contribution in [0.3, 0.4) is 0 Å². The minimum Gasteiger partial charge on any atom is -0.496 e. The zero-order chi connectivity index (χ0) is 24.8. The van der Waals surface area contributed by atoms with Gasteiger partial charge >= 0.3 is 0 Å². The molecule has 2 aliphatic heterocycles. The number of ketones is 1. The lowest BCUT2D eigenvalue weighted by atomic mass is 9.97. The molecular formula is C29H35NO5. The number of likely N-dealkylation sites (tertiary alicyclic amines) is 1. The fourth-order valence-electron chi connectivity index (χ4n) is 4.44. The first kappa shape index (κ1) is 24.9. The van der Waals surface area contributed by atoms with Gasteiger partial charge in [-0.2, -0.15) is 0 Å². The van der Waals surface area contributed by atoms with Gasteiger partial charge in [-0.15, -0.1) is 0 Å². The smallest absolute Gasteiger partial charge is 0.189 e. The standard InChI is InChI=1S/C29H35NO5/c1-29(2)15-14-23-25(32-3)13-10-22(28(23)35-29)24(31)11-8-21-9-12-26(33-4)27(20-21)34-19-18-30-16-6-5-7-17-30/h8-15,20H,5-7,16-19H2,1-4H3/b11-8+. The van der Waals surface area contributed by atoms with Gasteiger partial charge in [-0.1, -0.05) is 18.6 Å². The molecule has 0 atom stereocenters. The summed E-state index contributed by atoms with van der Waals surface area (Å²) in [5.41, 5.74) is 1.63. The molecule has 0 saturated carbocycles. The number of nitrogens with zero attached hydrogens (tertiary/aromatic N) is 1. The molecule has 2 aromatic rings. The molecule has 6 heteroatoms. The predicted molar refractivity (Wildman–Crippen MR) is 139 cm³/mol. The van der Waals surface area contributed by atoms with Gasteiger partial charge in [0.25, 0.3) is 0 Å². The monoisotopic (exact) mass is 477 g/mol. The van der Waals surface area contributed by atoms with Crippen LogP contribution in [0.1, 0.15) is 54.6 Å². The number of ether oxygens (including phenoxy) is 4. The predicted octanol–water partition coefficient (Wildman–Crippen LogP) is 5.65. The summed E-state index contributed by atoms with van der Waals surface area (Å²) >= 11 is 0. The fourth-order valence-corrected chi connectivity index (χ4v) is 4.44. The summed E-state index contributed by atoms with van der Waals surface area (Å²) in [7, 11) is 3.25. The Balaban J connectivity index is 1.49. The molecule has 0 N–H and O–H groups in total. The van der Waals surface area contributed by atoms with E-state index in [4.69, 9.17) is 18.9 Å². The summed E-state index contributed by atoms with van der Waals surface area (Å²) in [6.07, 6.45) is 11.1. The van der Waals surface area contributed by atoms with Crippen LogP contribution in [0.4, 0.5) is 0 Å². The van der Waals surface area contributed by atoms with E-state index in [1.165, 1.54) is 19.3 Å². The van der Waals surface area contributed by atoms with Crippen LogP contribution < -0.4 is 18.9 Å².